The number of aromatic nitrogens is 12. The number of aryl methyl sites for hydroxylation is 8. The van der Waals surface area contributed by atoms with Crippen LogP contribution in [0.25, 0.3) is 49.7 Å². The van der Waals surface area contributed by atoms with Gasteiger partial charge in [-0.05, 0) is 118 Å². The van der Waals surface area contributed by atoms with Gasteiger partial charge in [0.2, 0.25) is 11.8 Å². The Balaban J connectivity index is 0.000000151. The minimum Gasteiger partial charge on any atom is -0.363 e. The Morgan fingerprint density at radius 2 is 0.714 bits per heavy atom. The molecule has 0 radical (unpaired) electrons. The first-order valence-electron chi connectivity index (χ1n) is 42.2. The van der Waals surface area contributed by atoms with E-state index in [9.17, 15) is 94.3 Å². The third-order valence-corrected chi connectivity index (χ3v) is 24.9. The third kappa shape index (κ3) is 20.5. The first-order valence-corrected chi connectivity index (χ1v) is 44.0. The molecule has 0 spiro atoms. The molecule has 0 saturated carbocycles. The summed E-state index contributed by atoms with van der Waals surface area (Å²) in [6.45, 7) is 16.3. The van der Waals surface area contributed by atoms with E-state index in [1.165, 1.54) is 89.6 Å². The summed E-state index contributed by atoms with van der Waals surface area (Å²) in [5, 5.41) is 14.2. The highest BCUT2D eigenvalue weighted by Crippen LogP contribution is 2.40. The SMILES string of the molecule is Cc1nc(N[C@H](C)c2cccc(C(F)F)c2F)c2cc(C3=CCS(=O)(=O)CC3)c(=O)n(C)c2n1.Cc1nc(N[C@H](C)c2cccc(C(F)F)c2F)c2cc(N3CC(C)(F)C3)c(=O)n(C)c2n1.Cc1nc(N[C@H](C)c2cccc(C(F)F)c2F)c2cc(N3CCCCC3=O)c(=O)n(C)c2n1.Cc1nc(N[C@H](C)c2cccc(C(F)F)c2F)c2cc(N3CCN(C)CC3=O)c(=O)n(C)c2n1. The average Bonchev–Trinajstić information content (AvgIpc) is 0.753. The molecule has 4 aliphatic rings. The number of carbonyl (C=O) groups excluding carboxylic acids is 2. The summed E-state index contributed by atoms with van der Waals surface area (Å²) in [5.74, 6) is -1.75. The zero-order valence-corrected chi connectivity index (χ0v) is 75.5. The zero-order chi connectivity index (χ0) is 96.7. The van der Waals surface area contributed by atoms with E-state index < -0.39 is 111 Å². The van der Waals surface area contributed by atoms with Crippen LogP contribution in [0.15, 0.2) is 122 Å². The van der Waals surface area contributed by atoms with E-state index in [1.807, 2.05) is 11.9 Å². The number of benzene rings is 4. The lowest BCUT2D eigenvalue weighted by atomic mass is 9.98. The van der Waals surface area contributed by atoms with Crippen LogP contribution < -0.4 is 58.2 Å². The van der Waals surface area contributed by atoms with Gasteiger partial charge in [-0.15, -0.1) is 0 Å². The van der Waals surface area contributed by atoms with Crippen LogP contribution in [0.5, 0.6) is 0 Å². The van der Waals surface area contributed by atoms with E-state index in [4.69, 9.17) is 0 Å². The summed E-state index contributed by atoms with van der Waals surface area (Å²) in [4.78, 5) is 119. The lowest BCUT2D eigenvalue weighted by Gasteiger charge is -2.43. The number of likely N-dealkylation sites (N-methyl/N-ethyl adjacent to an activating group) is 1. The summed E-state index contributed by atoms with van der Waals surface area (Å²) >= 11 is 0. The molecule has 8 aromatic heterocycles. The molecule has 0 aliphatic carbocycles. The predicted octanol–water partition coefficient (Wildman–Crippen LogP) is 16.1. The van der Waals surface area contributed by atoms with E-state index in [-0.39, 0.29) is 105 Å². The standard InChI is InChI=1S/C23H25F3N6O2.C23H24F3N5O2.C23H23F3N4O3S.C22H23F4N5O/c1-12(14-6-5-7-15(19(14)24)20(25)26)27-21-16-10-17(32-9-8-30(3)11-18(32)33)23(34)31(4)22(16)29-13(2)28-21;1-12(14-7-6-8-15(19(14)24)20(25)26)27-21-16-11-17(31-10-5-4-9-18(31)32)23(33)30(3)22(16)29-13(2)28-21;1-12(15-5-4-6-16(19(15)24)20(25)26)27-21-18-11-17(14-7-9-34(32,33)10-8-14)23(31)30(3)22(18)29-13(2)28-21;1-11(13-6-5-7-14(17(13)23)18(24)25)27-19-15-8-16(31-9-22(3,26)10-31)21(32)30(4)20(15)29-12(2)28-19/h5-7,10,12,20H,8-9,11H2,1-4H3,(H,27,28,29);6-8,11-12,20H,4-5,9-10H2,1-3H3,(H,27,28,29);4-7,11-12,20H,8-10H2,1-3H3,(H,27,28,29);5-8,11,18H,9-10H2,1-4H3,(H,27,28,29)/t3*12-;11-/m1111/s1. The van der Waals surface area contributed by atoms with E-state index in [1.54, 1.807) is 113 Å². The molecule has 12 aromatic rings. The number of nitrogens with zero attached hydrogens (tertiary/aromatic N) is 16. The first kappa shape index (κ1) is 97.3. The summed E-state index contributed by atoms with van der Waals surface area (Å²) in [6.07, 6.45) is -8.06. The maximum atomic E-state index is 14.7. The van der Waals surface area contributed by atoms with Crippen molar-refractivity contribution in [3.05, 3.63) is 241 Å². The van der Waals surface area contributed by atoms with E-state index in [0.717, 1.165) is 37.1 Å². The molecule has 133 heavy (non-hydrogen) atoms. The van der Waals surface area contributed by atoms with Gasteiger partial charge in [-0.25, -0.2) is 105 Å². The van der Waals surface area contributed by atoms with Crippen molar-refractivity contribution < 1.29 is 75.1 Å². The van der Waals surface area contributed by atoms with E-state index in [0.29, 0.717) is 134 Å². The second-order valence-corrected chi connectivity index (χ2v) is 35.6. The van der Waals surface area contributed by atoms with Crippen LogP contribution in [-0.4, -0.2) is 147 Å². The van der Waals surface area contributed by atoms with Crippen LogP contribution >= 0.6 is 0 Å². The third-order valence-electron chi connectivity index (χ3n) is 23.4. The minimum atomic E-state index is -3.17. The van der Waals surface area contributed by atoms with Gasteiger partial charge in [0.25, 0.3) is 47.9 Å². The van der Waals surface area contributed by atoms with Crippen LogP contribution in [0.3, 0.4) is 0 Å². The van der Waals surface area contributed by atoms with Crippen LogP contribution in [-0.2, 0) is 47.6 Å². The molecule has 16 rings (SSSR count). The topological polar surface area (TPSA) is 320 Å². The molecule has 704 valence electrons. The number of nitrogens with one attached hydrogen (secondary N) is 4. The fourth-order valence-corrected chi connectivity index (χ4v) is 17.5. The number of alkyl halides is 9. The van der Waals surface area contributed by atoms with Crippen LogP contribution in [0, 0.1) is 51.0 Å². The fourth-order valence-electron chi connectivity index (χ4n) is 16.4. The normalized spacial score (nSPS) is 16.0. The van der Waals surface area contributed by atoms with E-state index in [2.05, 4.69) is 61.1 Å². The fraction of sp³-hybridized carbons (Fsp3) is 0.385. The zero-order valence-electron chi connectivity index (χ0n) is 74.7. The maximum Gasteiger partial charge on any atom is 0.275 e. The Kier molecular flexibility index (Phi) is 28.7. The molecular formula is C91H95F13N20O8S. The van der Waals surface area contributed by atoms with Crippen molar-refractivity contribution in [1.82, 2.24) is 63.0 Å². The number of sulfone groups is 1. The second kappa shape index (κ2) is 39.3. The van der Waals surface area contributed by atoms with Crippen LogP contribution in [0.2, 0.25) is 0 Å². The number of pyridine rings is 4. The second-order valence-electron chi connectivity index (χ2n) is 33.3. The summed E-state index contributed by atoms with van der Waals surface area (Å²) in [7, 11) is 4.89. The minimum absolute atomic E-state index is 0.0486. The molecule has 4 aliphatic heterocycles. The Bertz CT molecular complexity index is 6990. The highest BCUT2D eigenvalue weighted by molar-refractivity contribution is 7.91. The highest BCUT2D eigenvalue weighted by Gasteiger charge is 2.41. The summed E-state index contributed by atoms with van der Waals surface area (Å²) < 4.78 is 207. The van der Waals surface area contributed by atoms with Gasteiger partial charge in [0.15, 0.2) is 9.84 Å². The Morgan fingerprint density at radius 3 is 1.03 bits per heavy atom. The van der Waals surface area contributed by atoms with Crippen molar-refractivity contribution in [3.8, 4) is 0 Å². The van der Waals surface area contributed by atoms with Crippen molar-refractivity contribution in [2.45, 2.75) is 144 Å². The highest BCUT2D eigenvalue weighted by atomic mass is 32.2. The number of piperazine rings is 1. The van der Waals surface area contributed by atoms with Gasteiger partial charge in [0.05, 0.1) is 99.1 Å². The molecular weight excluding hydrogens is 1780 g/mol. The molecule has 0 unspecified atom stereocenters. The molecule has 42 heteroatoms. The summed E-state index contributed by atoms with van der Waals surface area (Å²) in [5.41, 5.74) is -2.16. The lowest BCUT2D eigenvalue weighted by Crippen LogP contribution is -2.58. The Morgan fingerprint density at radius 1 is 0.398 bits per heavy atom. The number of hydrogen-bond acceptors (Lipinski definition) is 22. The number of halogens is 13. The number of carbonyl (C=O) groups is 2. The van der Waals surface area contributed by atoms with Crippen LogP contribution in [0.4, 0.5) is 97.4 Å². The van der Waals surface area contributed by atoms with Gasteiger partial charge in [-0.1, -0.05) is 78.9 Å². The molecule has 28 nitrogen and oxygen atoms in total. The van der Waals surface area contributed by atoms with Crippen LogP contribution in [0.1, 0.15) is 184 Å². The maximum absolute atomic E-state index is 14.7. The predicted molar refractivity (Wildman–Crippen MR) is 481 cm³/mol. The average molecular weight is 1880 g/mol. The number of fused-ring (bicyclic) bond motifs is 4. The molecule has 3 fully saturated rings. The van der Waals surface area contributed by atoms with Crippen molar-refractivity contribution in [2.75, 3.05) is 93.8 Å². The molecule has 4 atom stereocenters. The van der Waals surface area contributed by atoms with Crippen molar-refractivity contribution >= 4 is 112 Å². The first-order chi connectivity index (χ1) is 62.7. The van der Waals surface area contributed by atoms with Gasteiger partial charge in [0.1, 0.15) is 115 Å². The van der Waals surface area contributed by atoms with Crippen molar-refractivity contribution in [3.63, 3.8) is 0 Å². The number of rotatable bonds is 20. The number of anilines is 7. The van der Waals surface area contributed by atoms with Crippen molar-refractivity contribution in [1.29, 1.82) is 0 Å². The number of hydrogen-bond donors (Lipinski definition) is 4. The molecule has 0 bridgehead atoms. The smallest absolute Gasteiger partial charge is 0.275 e. The summed E-state index contributed by atoms with van der Waals surface area (Å²) in [6, 6.07) is 18.9. The quantitative estimate of drug-likeness (QED) is 0.0515. The number of piperidine rings is 1. The monoisotopic (exact) mass is 1870 g/mol. The Labute approximate surface area is 753 Å². The number of allylic oxidation sites excluding steroid dienone is 1. The number of amides is 2. The van der Waals surface area contributed by atoms with Gasteiger partial charge in [0, 0.05) is 82.1 Å². The van der Waals surface area contributed by atoms with Gasteiger partial charge in [-0.2, -0.15) is 0 Å². The van der Waals surface area contributed by atoms with E-state index >= 15 is 0 Å². The Hall–Kier alpha value is -13.3. The molecule has 2 amide bonds. The molecule has 4 N–H and O–H groups in total. The molecule has 4 aromatic carbocycles. The molecule has 3 saturated heterocycles. The van der Waals surface area contributed by atoms with Gasteiger partial charge >= 0.3 is 0 Å². The lowest BCUT2D eigenvalue weighted by molar-refractivity contribution is -0.121. The van der Waals surface area contributed by atoms with Gasteiger partial charge in [-0.3, -0.25) is 51.9 Å². The molecule has 12 heterocycles. The largest absolute Gasteiger partial charge is 0.363 e. The van der Waals surface area contributed by atoms with Gasteiger partial charge < -0.3 is 36.0 Å². The van der Waals surface area contributed by atoms with Crippen molar-refractivity contribution in [2.24, 2.45) is 28.2 Å².